The van der Waals surface area contributed by atoms with Crippen molar-refractivity contribution in [3.8, 4) is 0 Å². The highest BCUT2D eigenvalue weighted by Crippen LogP contribution is 2.11. The van der Waals surface area contributed by atoms with Gasteiger partial charge in [0.05, 0.1) is 19.8 Å². The normalized spacial score (nSPS) is 12.6. The highest BCUT2D eigenvalue weighted by Gasteiger charge is 2.24. The molecule has 7 heteroatoms. The summed E-state index contributed by atoms with van der Waals surface area (Å²) >= 11 is 0. The number of hydrogen-bond acceptors (Lipinski definition) is 6. The van der Waals surface area contributed by atoms with Crippen molar-refractivity contribution in [3.05, 3.63) is 48.6 Å². The van der Waals surface area contributed by atoms with Crippen molar-refractivity contribution >= 4 is 17.8 Å². The fraction of sp³-hybridized carbons (Fsp3) is 0.756. The molecule has 1 N–H and O–H groups in total. The summed E-state index contributed by atoms with van der Waals surface area (Å²) in [5.74, 6) is -1.09. The van der Waals surface area contributed by atoms with Gasteiger partial charge in [0.15, 0.2) is 0 Å². The fourth-order valence-corrected chi connectivity index (χ4v) is 5.75. The van der Waals surface area contributed by atoms with Crippen LogP contribution in [0.1, 0.15) is 181 Å². The largest absolute Gasteiger partial charge is 0.466 e. The molecule has 0 bridgehead atoms. The number of carbonyl (C=O) groups excluding carboxylic acids is 3. The molecule has 0 aliphatic heterocycles. The lowest BCUT2D eigenvalue weighted by Crippen LogP contribution is -2.45. The molecule has 0 spiro atoms. The zero-order valence-corrected chi connectivity index (χ0v) is 34.2. The molecule has 0 saturated carbocycles. The second-order valence-electron chi connectivity index (χ2n) is 14.5. The van der Waals surface area contributed by atoms with Crippen LogP contribution in [-0.4, -0.2) is 62.6 Å². The van der Waals surface area contributed by atoms with Crippen molar-refractivity contribution in [2.75, 3.05) is 33.9 Å². The first kappa shape index (κ1) is 49.3. The van der Waals surface area contributed by atoms with Gasteiger partial charge in [0.25, 0.3) is 0 Å². The maximum atomic E-state index is 12.8. The molecule has 0 radical (unpaired) electrons. The van der Waals surface area contributed by atoms with Crippen LogP contribution in [0.25, 0.3) is 0 Å². The molecule has 0 aromatic heterocycles. The van der Waals surface area contributed by atoms with E-state index in [9.17, 15) is 14.4 Å². The van der Waals surface area contributed by atoms with Crippen molar-refractivity contribution in [3.63, 3.8) is 0 Å². The average molecular weight is 729 g/mol. The fourth-order valence-electron chi connectivity index (χ4n) is 5.75. The Morgan fingerprint density at radius 3 is 1.38 bits per heavy atom. The molecule has 0 aromatic carbocycles. The van der Waals surface area contributed by atoms with E-state index in [-0.39, 0.29) is 31.3 Å². The highest BCUT2D eigenvalue weighted by molar-refractivity contribution is 5.85. The van der Waals surface area contributed by atoms with Gasteiger partial charge in [-0.1, -0.05) is 140 Å². The van der Waals surface area contributed by atoms with Gasteiger partial charge >= 0.3 is 11.9 Å². The zero-order valence-electron chi connectivity index (χ0n) is 34.2. The number of allylic oxidation sites excluding steroid dienone is 8. The van der Waals surface area contributed by atoms with E-state index in [1.54, 1.807) is 19.0 Å². The monoisotopic (exact) mass is 729 g/mol. The average Bonchev–Trinajstić information content (AvgIpc) is 3.12. The van der Waals surface area contributed by atoms with Gasteiger partial charge < -0.3 is 19.7 Å². The molecule has 0 aromatic rings. The van der Waals surface area contributed by atoms with E-state index < -0.39 is 12.0 Å². The number of esters is 2. The lowest BCUT2D eigenvalue weighted by Gasteiger charge is -2.19. The molecule has 1 atom stereocenters. The Labute approximate surface area is 320 Å². The van der Waals surface area contributed by atoms with Gasteiger partial charge in [-0.3, -0.25) is 9.59 Å². The Morgan fingerprint density at radius 2 is 0.942 bits per heavy atom. The summed E-state index contributed by atoms with van der Waals surface area (Å²) in [7, 11) is 3.59. The zero-order chi connectivity index (χ0) is 38.2. The Morgan fingerprint density at radius 1 is 0.538 bits per heavy atom. The van der Waals surface area contributed by atoms with Gasteiger partial charge in [0, 0.05) is 6.42 Å². The first-order chi connectivity index (χ1) is 25.4. The Kier molecular flexibility index (Phi) is 37.5. The summed E-state index contributed by atoms with van der Waals surface area (Å²) in [6.07, 6.45) is 46.2. The van der Waals surface area contributed by atoms with Gasteiger partial charge in [0.2, 0.25) is 5.91 Å². The topological polar surface area (TPSA) is 84.9 Å². The second kappa shape index (κ2) is 39.5. The van der Waals surface area contributed by atoms with Crippen LogP contribution >= 0.6 is 0 Å². The van der Waals surface area contributed by atoms with Crippen LogP contribution in [0.5, 0.6) is 0 Å². The predicted molar refractivity (Wildman–Crippen MR) is 220 cm³/mol. The molecule has 0 fully saturated rings. The van der Waals surface area contributed by atoms with Crippen LogP contribution in [0, 0.1) is 0 Å². The summed E-state index contributed by atoms with van der Waals surface area (Å²) in [6, 6.07) is -0.855. The van der Waals surface area contributed by atoms with Crippen molar-refractivity contribution < 1.29 is 23.9 Å². The smallest absolute Gasteiger partial charge is 0.328 e. The third-order valence-electron chi connectivity index (χ3n) is 8.91. The standard InChI is InChI=1S/C45H80N2O5/c1-5-7-9-11-13-15-17-19-21-23-25-27-29-31-33-35-39-51-44(49)38-37-42(46-43(48)41-47(3)4)45(50)52-40-36-34-32-30-28-26-24-22-20-18-16-14-12-10-8-6-2/h13-16,19-22,42H,5-12,17-18,23-41H2,1-4H3,(H,46,48)/b15-13-,16-14-,21-19-,22-20-. The Balaban J connectivity index is 4.05. The minimum absolute atomic E-state index is 0.0646. The van der Waals surface area contributed by atoms with Crippen molar-refractivity contribution in [1.82, 2.24) is 10.2 Å². The lowest BCUT2D eigenvalue weighted by atomic mass is 10.1. The predicted octanol–water partition coefficient (Wildman–Crippen LogP) is 11.5. The number of unbranched alkanes of at least 4 members (excludes halogenated alkanes) is 18. The minimum atomic E-state index is -0.855. The molecule has 52 heavy (non-hydrogen) atoms. The molecule has 0 saturated heterocycles. The number of rotatable bonds is 37. The van der Waals surface area contributed by atoms with Gasteiger partial charge in [-0.05, 0) is 97.6 Å². The van der Waals surface area contributed by atoms with Crippen molar-refractivity contribution in [2.45, 2.75) is 187 Å². The molecular formula is C45H80N2O5. The molecular weight excluding hydrogens is 649 g/mol. The summed E-state index contributed by atoms with van der Waals surface area (Å²) in [6.45, 7) is 5.35. The van der Waals surface area contributed by atoms with Gasteiger partial charge in [-0.15, -0.1) is 0 Å². The molecule has 7 nitrogen and oxygen atoms in total. The Bertz CT molecular complexity index is 955. The van der Waals surface area contributed by atoms with Gasteiger partial charge in [-0.25, -0.2) is 4.79 Å². The van der Waals surface area contributed by atoms with Crippen LogP contribution in [-0.2, 0) is 23.9 Å². The number of carbonyl (C=O) groups is 3. The van der Waals surface area contributed by atoms with E-state index in [0.717, 1.165) is 64.2 Å². The van der Waals surface area contributed by atoms with Crippen molar-refractivity contribution in [2.24, 2.45) is 0 Å². The van der Waals surface area contributed by atoms with Crippen molar-refractivity contribution in [1.29, 1.82) is 0 Å². The quantitative estimate of drug-likeness (QED) is 0.0389. The first-order valence-corrected chi connectivity index (χ1v) is 21.3. The number of nitrogens with one attached hydrogen (secondary N) is 1. The van der Waals surface area contributed by atoms with Gasteiger partial charge in [-0.2, -0.15) is 0 Å². The van der Waals surface area contributed by atoms with Crippen LogP contribution in [0.2, 0.25) is 0 Å². The Hall–Kier alpha value is -2.67. The molecule has 0 aliphatic rings. The van der Waals surface area contributed by atoms with E-state index in [2.05, 4.69) is 67.8 Å². The third kappa shape index (κ3) is 37.1. The van der Waals surface area contributed by atoms with Crippen LogP contribution in [0.4, 0.5) is 0 Å². The number of amides is 1. The van der Waals surface area contributed by atoms with Crippen LogP contribution in [0.15, 0.2) is 48.6 Å². The lowest BCUT2D eigenvalue weighted by molar-refractivity contribution is -0.149. The molecule has 0 rings (SSSR count). The third-order valence-corrected chi connectivity index (χ3v) is 8.91. The van der Waals surface area contributed by atoms with E-state index >= 15 is 0 Å². The van der Waals surface area contributed by atoms with E-state index in [4.69, 9.17) is 9.47 Å². The molecule has 0 aliphatic carbocycles. The minimum Gasteiger partial charge on any atom is -0.466 e. The molecule has 1 amide bonds. The van der Waals surface area contributed by atoms with Crippen LogP contribution in [0.3, 0.4) is 0 Å². The van der Waals surface area contributed by atoms with E-state index in [0.29, 0.717) is 13.2 Å². The molecule has 0 heterocycles. The number of hydrogen-bond donors (Lipinski definition) is 1. The SMILES string of the molecule is CCCCC/C=C\C/C=C\CCCCCCCCOC(=O)CCC(NC(=O)CN(C)C)C(=O)OCCCCCCCC/C=C\C/C=C\CCCCC. The second-order valence-corrected chi connectivity index (χ2v) is 14.5. The number of likely N-dealkylation sites (N-methyl/N-ethyl adjacent to an activating group) is 1. The van der Waals surface area contributed by atoms with E-state index in [1.807, 2.05) is 0 Å². The molecule has 300 valence electrons. The van der Waals surface area contributed by atoms with E-state index in [1.165, 1.54) is 89.9 Å². The summed E-state index contributed by atoms with van der Waals surface area (Å²) < 4.78 is 10.9. The maximum Gasteiger partial charge on any atom is 0.328 e. The maximum absolute atomic E-state index is 12.8. The summed E-state index contributed by atoms with van der Waals surface area (Å²) in [5.41, 5.74) is 0. The number of ether oxygens (including phenoxy) is 2. The summed E-state index contributed by atoms with van der Waals surface area (Å²) in [4.78, 5) is 39.4. The van der Waals surface area contributed by atoms with Crippen LogP contribution < -0.4 is 5.32 Å². The number of nitrogens with zero attached hydrogens (tertiary/aromatic N) is 1. The summed E-state index contributed by atoms with van der Waals surface area (Å²) in [5, 5.41) is 2.76. The first-order valence-electron chi connectivity index (χ1n) is 21.3. The molecule has 1 unspecified atom stereocenters. The highest BCUT2D eigenvalue weighted by atomic mass is 16.5. The van der Waals surface area contributed by atoms with Gasteiger partial charge in [0.1, 0.15) is 6.04 Å².